The van der Waals surface area contributed by atoms with Gasteiger partial charge in [-0.1, -0.05) is 48.5 Å². The molecule has 0 aliphatic carbocycles. The second kappa shape index (κ2) is 8.64. The van der Waals surface area contributed by atoms with Gasteiger partial charge in [0.1, 0.15) is 5.82 Å². The number of benzene rings is 2. The maximum Gasteiger partial charge on any atom is 0.222 e. The number of halogens is 1. The number of hydrogen-bond donors (Lipinski definition) is 1. The standard InChI is InChI=1S/C24H28FNO3/c25-21-9-5-4-6-18(21)10-11-23(28)26-14-12-24(13-15-26)17-20(27)16-22(29-24)19-7-2-1-3-8-19/h1-9,20,22,27H,10-17H2/t20-,22+/m0/s1. The maximum atomic E-state index is 13.8. The van der Waals surface area contributed by atoms with Crippen molar-refractivity contribution < 1.29 is 19.0 Å². The molecule has 1 spiro atoms. The molecule has 0 aromatic heterocycles. The SMILES string of the molecule is O=C(CCc1ccccc1F)N1CCC2(CC1)C[C@@H](O)C[C@H](c1ccccc1)O2. The van der Waals surface area contributed by atoms with Crippen molar-refractivity contribution in [3.8, 4) is 0 Å². The number of ether oxygens (including phenoxy) is 1. The Morgan fingerprint density at radius 2 is 1.79 bits per heavy atom. The molecular formula is C24H28FNO3. The third-order valence-electron chi connectivity index (χ3n) is 6.25. The van der Waals surface area contributed by atoms with Crippen LogP contribution >= 0.6 is 0 Å². The molecule has 1 N–H and O–H groups in total. The molecule has 2 aliphatic rings. The third kappa shape index (κ3) is 4.68. The predicted molar refractivity (Wildman–Crippen MR) is 109 cm³/mol. The number of nitrogens with zero attached hydrogens (tertiary/aromatic N) is 1. The van der Waals surface area contributed by atoms with E-state index in [-0.39, 0.29) is 23.4 Å². The minimum absolute atomic E-state index is 0.0547. The molecule has 29 heavy (non-hydrogen) atoms. The Kier molecular flexibility index (Phi) is 5.97. The van der Waals surface area contributed by atoms with Gasteiger partial charge in [-0.15, -0.1) is 0 Å². The highest BCUT2D eigenvalue weighted by Gasteiger charge is 2.44. The first-order chi connectivity index (χ1) is 14.0. The molecule has 2 aliphatic heterocycles. The highest BCUT2D eigenvalue weighted by Crippen LogP contribution is 2.43. The van der Waals surface area contributed by atoms with E-state index in [9.17, 15) is 14.3 Å². The Morgan fingerprint density at radius 1 is 1.10 bits per heavy atom. The molecule has 2 atom stereocenters. The van der Waals surface area contributed by atoms with Crippen LogP contribution in [0, 0.1) is 5.82 Å². The summed E-state index contributed by atoms with van der Waals surface area (Å²) in [6.07, 6.45) is 2.89. The number of aryl methyl sites for hydroxylation is 1. The van der Waals surface area contributed by atoms with Gasteiger partial charge in [0.05, 0.1) is 17.8 Å². The molecular weight excluding hydrogens is 369 g/mol. The highest BCUT2D eigenvalue weighted by atomic mass is 19.1. The lowest BCUT2D eigenvalue weighted by molar-refractivity contribution is -0.185. The summed E-state index contributed by atoms with van der Waals surface area (Å²) in [4.78, 5) is 14.5. The predicted octanol–water partition coefficient (Wildman–Crippen LogP) is 4.03. The summed E-state index contributed by atoms with van der Waals surface area (Å²) in [6.45, 7) is 1.23. The van der Waals surface area contributed by atoms with Gasteiger partial charge in [0, 0.05) is 32.4 Å². The summed E-state index contributed by atoms with van der Waals surface area (Å²) >= 11 is 0. The summed E-state index contributed by atoms with van der Waals surface area (Å²) in [5, 5.41) is 10.5. The fraction of sp³-hybridized carbons (Fsp3) is 0.458. The number of hydrogen-bond acceptors (Lipinski definition) is 3. The van der Waals surface area contributed by atoms with E-state index in [2.05, 4.69) is 0 Å². The quantitative estimate of drug-likeness (QED) is 0.847. The van der Waals surface area contributed by atoms with Crippen LogP contribution in [0.2, 0.25) is 0 Å². The molecule has 2 aromatic rings. The van der Waals surface area contributed by atoms with Crippen LogP contribution in [-0.4, -0.2) is 40.7 Å². The van der Waals surface area contributed by atoms with E-state index in [1.54, 1.807) is 18.2 Å². The molecule has 2 fully saturated rings. The number of likely N-dealkylation sites (tertiary alicyclic amines) is 1. The number of rotatable bonds is 4. The molecule has 2 heterocycles. The zero-order valence-electron chi connectivity index (χ0n) is 16.6. The smallest absolute Gasteiger partial charge is 0.222 e. The van der Waals surface area contributed by atoms with Crippen LogP contribution in [-0.2, 0) is 16.0 Å². The average molecular weight is 397 g/mol. The van der Waals surface area contributed by atoms with Gasteiger partial charge in [0.25, 0.3) is 0 Å². The van der Waals surface area contributed by atoms with Crippen molar-refractivity contribution in [1.29, 1.82) is 0 Å². The Hall–Kier alpha value is -2.24. The van der Waals surface area contributed by atoms with Crippen molar-refractivity contribution >= 4 is 5.91 Å². The molecule has 0 saturated carbocycles. The Morgan fingerprint density at radius 3 is 2.52 bits per heavy atom. The molecule has 0 radical (unpaired) electrons. The van der Waals surface area contributed by atoms with Gasteiger partial charge in [-0.05, 0) is 36.5 Å². The van der Waals surface area contributed by atoms with E-state index < -0.39 is 6.10 Å². The molecule has 5 heteroatoms. The molecule has 0 bridgehead atoms. The number of piperidine rings is 1. The molecule has 4 rings (SSSR count). The zero-order chi connectivity index (χ0) is 20.3. The first-order valence-corrected chi connectivity index (χ1v) is 10.5. The van der Waals surface area contributed by atoms with Gasteiger partial charge < -0.3 is 14.7 Å². The normalized spacial score (nSPS) is 23.9. The minimum Gasteiger partial charge on any atom is -0.393 e. The van der Waals surface area contributed by atoms with Crippen LogP contribution < -0.4 is 0 Å². The molecule has 2 aromatic carbocycles. The zero-order valence-corrected chi connectivity index (χ0v) is 16.6. The van der Waals surface area contributed by atoms with E-state index in [0.717, 1.165) is 18.4 Å². The fourth-order valence-corrected chi connectivity index (χ4v) is 4.62. The maximum absolute atomic E-state index is 13.8. The lowest BCUT2D eigenvalue weighted by atomic mass is 9.81. The lowest BCUT2D eigenvalue weighted by Crippen LogP contribution is -2.52. The van der Waals surface area contributed by atoms with Crippen molar-refractivity contribution in [2.45, 2.75) is 56.3 Å². The molecule has 4 nitrogen and oxygen atoms in total. The van der Waals surface area contributed by atoms with Gasteiger partial charge in [-0.25, -0.2) is 4.39 Å². The average Bonchev–Trinajstić information content (AvgIpc) is 2.73. The Balaban J connectivity index is 1.34. The van der Waals surface area contributed by atoms with E-state index >= 15 is 0 Å². The van der Waals surface area contributed by atoms with Crippen LogP contribution in [0.5, 0.6) is 0 Å². The molecule has 1 amide bonds. The van der Waals surface area contributed by atoms with Crippen LogP contribution in [0.3, 0.4) is 0 Å². The fourth-order valence-electron chi connectivity index (χ4n) is 4.62. The molecule has 0 unspecified atom stereocenters. The topological polar surface area (TPSA) is 49.8 Å². The number of aliphatic hydroxyl groups is 1. The van der Waals surface area contributed by atoms with E-state index in [1.165, 1.54) is 6.07 Å². The van der Waals surface area contributed by atoms with E-state index in [0.29, 0.717) is 44.3 Å². The number of aliphatic hydroxyl groups excluding tert-OH is 1. The second-order valence-corrected chi connectivity index (χ2v) is 8.27. The second-order valence-electron chi connectivity index (χ2n) is 8.27. The van der Waals surface area contributed by atoms with Gasteiger partial charge in [-0.3, -0.25) is 4.79 Å². The van der Waals surface area contributed by atoms with Gasteiger partial charge >= 0.3 is 0 Å². The van der Waals surface area contributed by atoms with Crippen molar-refractivity contribution in [1.82, 2.24) is 4.90 Å². The van der Waals surface area contributed by atoms with E-state index in [1.807, 2.05) is 35.2 Å². The van der Waals surface area contributed by atoms with Crippen molar-refractivity contribution in [3.63, 3.8) is 0 Å². The Labute approximate surface area is 171 Å². The summed E-state index contributed by atoms with van der Waals surface area (Å²) in [5.74, 6) is -0.200. The number of carbonyl (C=O) groups excluding carboxylic acids is 1. The molecule has 2 saturated heterocycles. The number of carbonyl (C=O) groups is 1. The summed E-state index contributed by atoms with van der Waals surface area (Å²) in [5.41, 5.74) is 1.30. The van der Waals surface area contributed by atoms with Gasteiger partial charge in [0.15, 0.2) is 0 Å². The van der Waals surface area contributed by atoms with Crippen LogP contribution in [0.25, 0.3) is 0 Å². The largest absolute Gasteiger partial charge is 0.393 e. The summed E-state index contributed by atoms with van der Waals surface area (Å²) < 4.78 is 20.3. The van der Waals surface area contributed by atoms with Crippen molar-refractivity contribution in [2.75, 3.05) is 13.1 Å². The minimum atomic E-state index is -0.391. The van der Waals surface area contributed by atoms with Crippen LogP contribution in [0.4, 0.5) is 4.39 Å². The van der Waals surface area contributed by atoms with Crippen LogP contribution in [0.1, 0.15) is 49.3 Å². The highest BCUT2D eigenvalue weighted by molar-refractivity contribution is 5.76. The van der Waals surface area contributed by atoms with Gasteiger partial charge in [-0.2, -0.15) is 0 Å². The van der Waals surface area contributed by atoms with Crippen molar-refractivity contribution in [3.05, 3.63) is 71.5 Å². The van der Waals surface area contributed by atoms with Crippen LogP contribution in [0.15, 0.2) is 54.6 Å². The molecule has 154 valence electrons. The van der Waals surface area contributed by atoms with E-state index in [4.69, 9.17) is 4.74 Å². The lowest BCUT2D eigenvalue weighted by Gasteiger charge is -2.48. The monoisotopic (exact) mass is 397 g/mol. The van der Waals surface area contributed by atoms with Crippen molar-refractivity contribution in [2.24, 2.45) is 0 Å². The first kappa shape index (κ1) is 20.0. The summed E-state index contributed by atoms with van der Waals surface area (Å²) in [7, 11) is 0. The van der Waals surface area contributed by atoms with Gasteiger partial charge in [0.2, 0.25) is 5.91 Å². The Bertz CT molecular complexity index is 833. The third-order valence-corrected chi connectivity index (χ3v) is 6.25. The first-order valence-electron chi connectivity index (χ1n) is 10.5. The number of amides is 1. The summed E-state index contributed by atoms with van der Waals surface area (Å²) in [6, 6.07) is 16.6.